The Balaban J connectivity index is 2.61. The molecule has 5 nitrogen and oxygen atoms in total. The van der Waals surface area contributed by atoms with E-state index in [2.05, 4.69) is 15.6 Å². The van der Waals surface area contributed by atoms with Gasteiger partial charge in [-0.05, 0) is 31.9 Å². The number of aryl methyl sites for hydroxylation is 1. The number of carbonyl (C=O) groups excluding carboxylic acids is 1. The highest BCUT2D eigenvalue weighted by atomic mass is 16.2. The maximum Gasteiger partial charge on any atom is 0.242 e. The van der Waals surface area contributed by atoms with Gasteiger partial charge in [-0.2, -0.15) is 0 Å². The highest BCUT2D eigenvalue weighted by Crippen LogP contribution is 2.16. The van der Waals surface area contributed by atoms with Crippen LogP contribution in [0.4, 0.5) is 11.5 Å². The third kappa shape index (κ3) is 3.94. The van der Waals surface area contributed by atoms with Crippen molar-refractivity contribution in [3.63, 3.8) is 0 Å². The zero-order valence-corrected chi connectivity index (χ0v) is 10.6. The van der Waals surface area contributed by atoms with E-state index in [1.807, 2.05) is 19.9 Å². The second-order valence-corrected chi connectivity index (χ2v) is 4.11. The normalized spacial score (nSPS) is 11.9. The Kier molecular flexibility index (Phi) is 4.75. The molecule has 1 unspecified atom stereocenters. The number of rotatable bonds is 5. The minimum Gasteiger partial charge on any atom is -0.396 e. The van der Waals surface area contributed by atoms with Gasteiger partial charge in [0.2, 0.25) is 5.91 Å². The Morgan fingerprint density at radius 2 is 2.29 bits per heavy atom. The second kappa shape index (κ2) is 6.08. The van der Waals surface area contributed by atoms with Crippen molar-refractivity contribution in [2.45, 2.75) is 33.2 Å². The molecule has 1 aromatic rings. The molecule has 0 spiro atoms. The van der Waals surface area contributed by atoms with E-state index in [1.165, 1.54) is 0 Å². The fraction of sp³-hybridized carbons (Fsp3) is 0.500. The lowest BCUT2D eigenvalue weighted by Crippen LogP contribution is -2.38. The van der Waals surface area contributed by atoms with E-state index in [4.69, 9.17) is 5.73 Å². The summed E-state index contributed by atoms with van der Waals surface area (Å²) in [5, 5.41) is 5.81. The van der Waals surface area contributed by atoms with Crippen LogP contribution >= 0.6 is 0 Å². The first-order chi connectivity index (χ1) is 8.04. The fourth-order valence-corrected chi connectivity index (χ4v) is 1.38. The highest BCUT2D eigenvalue weighted by molar-refractivity contribution is 5.84. The molecule has 0 aliphatic heterocycles. The Morgan fingerprint density at radius 1 is 1.59 bits per heavy atom. The van der Waals surface area contributed by atoms with Crippen molar-refractivity contribution in [1.29, 1.82) is 0 Å². The van der Waals surface area contributed by atoms with E-state index in [0.29, 0.717) is 18.1 Å². The highest BCUT2D eigenvalue weighted by Gasteiger charge is 2.13. The SMILES string of the molecule is CCCNC(=O)C(C)Nc1ncc(C)cc1N. The van der Waals surface area contributed by atoms with Gasteiger partial charge in [-0.3, -0.25) is 4.79 Å². The van der Waals surface area contributed by atoms with Gasteiger partial charge in [0.1, 0.15) is 11.9 Å². The number of hydrogen-bond donors (Lipinski definition) is 3. The molecule has 0 saturated carbocycles. The average Bonchev–Trinajstić information content (AvgIpc) is 2.29. The number of nitrogens with one attached hydrogen (secondary N) is 2. The van der Waals surface area contributed by atoms with Gasteiger partial charge >= 0.3 is 0 Å². The van der Waals surface area contributed by atoms with Gasteiger partial charge < -0.3 is 16.4 Å². The van der Waals surface area contributed by atoms with Crippen LogP contribution < -0.4 is 16.4 Å². The molecule has 1 amide bonds. The minimum atomic E-state index is -0.348. The van der Waals surface area contributed by atoms with Gasteiger partial charge in [0.05, 0.1) is 5.69 Å². The van der Waals surface area contributed by atoms with Gasteiger partial charge in [-0.15, -0.1) is 0 Å². The van der Waals surface area contributed by atoms with Gasteiger partial charge in [-0.25, -0.2) is 4.98 Å². The lowest BCUT2D eigenvalue weighted by Gasteiger charge is -2.15. The molecular formula is C12H20N4O. The number of anilines is 2. The number of nitrogens with two attached hydrogens (primary N) is 1. The third-order valence-electron chi connectivity index (χ3n) is 2.35. The van der Waals surface area contributed by atoms with Crippen molar-refractivity contribution >= 4 is 17.4 Å². The number of aromatic nitrogens is 1. The summed E-state index contributed by atoms with van der Waals surface area (Å²) in [5.74, 6) is 0.503. The van der Waals surface area contributed by atoms with Gasteiger partial charge in [-0.1, -0.05) is 6.92 Å². The van der Waals surface area contributed by atoms with E-state index in [1.54, 1.807) is 13.1 Å². The molecule has 1 rings (SSSR count). The van der Waals surface area contributed by atoms with Gasteiger partial charge in [0.25, 0.3) is 0 Å². The number of nitrogens with zero attached hydrogens (tertiary/aromatic N) is 1. The predicted octanol–water partition coefficient (Wildman–Crippen LogP) is 1.30. The Bertz CT molecular complexity index is 392. The van der Waals surface area contributed by atoms with E-state index < -0.39 is 0 Å². The van der Waals surface area contributed by atoms with E-state index in [9.17, 15) is 4.79 Å². The first-order valence-electron chi connectivity index (χ1n) is 5.81. The smallest absolute Gasteiger partial charge is 0.242 e. The minimum absolute atomic E-state index is 0.0476. The summed E-state index contributed by atoms with van der Waals surface area (Å²) in [4.78, 5) is 15.8. The van der Waals surface area contributed by atoms with Crippen LogP contribution in [0.25, 0.3) is 0 Å². The Hall–Kier alpha value is -1.78. The molecule has 1 atom stereocenters. The van der Waals surface area contributed by atoms with Crippen molar-refractivity contribution in [3.8, 4) is 0 Å². The number of nitrogen functional groups attached to an aromatic ring is 1. The van der Waals surface area contributed by atoms with Crippen molar-refractivity contribution in [2.75, 3.05) is 17.6 Å². The quantitative estimate of drug-likeness (QED) is 0.720. The van der Waals surface area contributed by atoms with Crippen molar-refractivity contribution < 1.29 is 4.79 Å². The molecule has 0 saturated heterocycles. The summed E-state index contributed by atoms with van der Waals surface area (Å²) in [6.07, 6.45) is 2.64. The van der Waals surface area contributed by atoms with Crippen LogP contribution in [0.1, 0.15) is 25.8 Å². The lowest BCUT2D eigenvalue weighted by molar-refractivity contribution is -0.121. The summed E-state index contributed by atoms with van der Waals surface area (Å²) in [6.45, 7) is 6.40. The topological polar surface area (TPSA) is 80.0 Å². The maximum atomic E-state index is 11.6. The molecule has 0 aromatic carbocycles. The van der Waals surface area contributed by atoms with E-state index >= 15 is 0 Å². The summed E-state index contributed by atoms with van der Waals surface area (Å²) >= 11 is 0. The zero-order chi connectivity index (χ0) is 12.8. The number of pyridine rings is 1. The van der Waals surface area contributed by atoms with E-state index in [0.717, 1.165) is 12.0 Å². The van der Waals surface area contributed by atoms with Crippen LogP contribution in [-0.4, -0.2) is 23.5 Å². The van der Waals surface area contributed by atoms with Crippen LogP contribution in [0.2, 0.25) is 0 Å². The molecule has 5 heteroatoms. The number of hydrogen-bond acceptors (Lipinski definition) is 4. The second-order valence-electron chi connectivity index (χ2n) is 4.11. The van der Waals surface area contributed by atoms with Crippen LogP contribution in [-0.2, 0) is 4.79 Å². The molecule has 17 heavy (non-hydrogen) atoms. The maximum absolute atomic E-state index is 11.6. The zero-order valence-electron chi connectivity index (χ0n) is 10.6. The van der Waals surface area contributed by atoms with Crippen LogP contribution in [0.3, 0.4) is 0 Å². The van der Waals surface area contributed by atoms with Crippen molar-refractivity contribution in [3.05, 3.63) is 17.8 Å². The summed E-state index contributed by atoms with van der Waals surface area (Å²) < 4.78 is 0. The number of carbonyl (C=O) groups is 1. The predicted molar refractivity (Wildman–Crippen MR) is 69.8 cm³/mol. The van der Waals surface area contributed by atoms with Crippen LogP contribution in [0.5, 0.6) is 0 Å². The molecule has 0 bridgehead atoms. The molecule has 0 fully saturated rings. The number of amides is 1. The molecule has 4 N–H and O–H groups in total. The van der Waals surface area contributed by atoms with E-state index in [-0.39, 0.29) is 11.9 Å². The summed E-state index contributed by atoms with van der Waals surface area (Å²) in [5.41, 5.74) is 7.37. The third-order valence-corrected chi connectivity index (χ3v) is 2.35. The molecule has 0 aliphatic rings. The van der Waals surface area contributed by atoms with Crippen molar-refractivity contribution in [1.82, 2.24) is 10.3 Å². The Labute approximate surface area is 102 Å². The standard InChI is InChI=1S/C12H20N4O/c1-4-5-14-12(17)9(3)16-11-10(13)6-8(2)7-15-11/h6-7,9H,4-5,13H2,1-3H3,(H,14,17)(H,15,16). The molecular weight excluding hydrogens is 216 g/mol. The monoisotopic (exact) mass is 236 g/mol. The molecule has 0 radical (unpaired) electrons. The van der Waals surface area contributed by atoms with Gasteiger partial charge in [0, 0.05) is 12.7 Å². The lowest BCUT2D eigenvalue weighted by atomic mass is 10.2. The first-order valence-corrected chi connectivity index (χ1v) is 5.81. The molecule has 0 aliphatic carbocycles. The van der Waals surface area contributed by atoms with Gasteiger partial charge in [0.15, 0.2) is 0 Å². The summed E-state index contributed by atoms with van der Waals surface area (Å²) in [6, 6.07) is 1.48. The Morgan fingerprint density at radius 3 is 2.88 bits per heavy atom. The molecule has 94 valence electrons. The van der Waals surface area contributed by atoms with Crippen molar-refractivity contribution in [2.24, 2.45) is 0 Å². The van der Waals surface area contributed by atoms with Crippen LogP contribution in [0.15, 0.2) is 12.3 Å². The van der Waals surface area contributed by atoms with Crippen LogP contribution in [0, 0.1) is 6.92 Å². The fourth-order valence-electron chi connectivity index (χ4n) is 1.38. The summed E-state index contributed by atoms with van der Waals surface area (Å²) in [7, 11) is 0. The molecule has 1 heterocycles. The largest absolute Gasteiger partial charge is 0.396 e. The average molecular weight is 236 g/mol. The molecule has 1 aromatic heterocycles. The first kappa shape index (κ1) is 13.3.